The summed E-state index contributed by atoms with van der Waals surface area (Å²) >= 11 is 0. The molecular weight excluding hydrogens is 179 g/mol. The van der Waals surface area contributed by atoms with Gasteiger partial charge in [-0.3, -0.25) is 4.79 Å². The monoisotopic (exact) mass is 192 g/mol. The highest BCUT2D eigenvalue weighted by Gasteiger charge is 2.31. The third kappa shape index (κ3) is 1.66. The fraction of sp³-hybridized carbons (Fsp3) is 0.364. The van der Waals surface area contributed by atoms with Crippen molar-refractivity contribution in [1.82, 2.24) is 0 Å². The number of rotatable bonds is 1. The van der Waals surface area contributed by atoms with Crippen LogP contribution >= 0.6 is 7.92 Å². The second-order valence-corrected chi connectivity index (χ2v) is 6.10. The molecule has 1 saturated heterocycles. The maximum atomic E-state index is 11.4. The molecule has 1 nitrogen and oxygen atoms in total. The third-order valence-electron chi connectivity index (χ3n) is 2.62. The predicted octanol–water partition coefficient (Wildman–Crippen LogP) is 2.16. The van der Waals surface area contributed by atoms with Crippen LogP contribution in [0, 0.1) is 0 Å². The number of benzene rings is 1. The van der Waals surface area contributed by atoms with Crippen LogP contribution in [0.2, 0.25) is 0 Å². The first kappa shape index (κ1) is 8.90. The molecule has 0 bridgehead atoms. The third-order valence-corrected chi connectivity index (χ3v) is 5.51. The lowest BCUT2D eigenvalue weighted by molar-refractivity contribution is -0.117. The van der Waals surface area contributed by atoms with E-state index in [1.807, 2.05) is 6.07 Å². The summed E-state index contributed by atoms with van der Waals surface area (Å²) in [5, 5.41) is 1.39. The highest BCUT2D eigenvalue weighted by molar-refractivity contribution is 7.67. The van der Waals surface area contributed by atoms with Gasteiger partial charge >= 0.3 is 0 Å². The van der Waals surface area contributed by atoms with Gasteiger partial charge in [0.05, 0.1) is 0 Å². The Morgan fingerprint density at radius 1 is 1.31 bits per heavy atom. The minimum absolute atomic E-state index is 0.190. The van der Waals surface area contributed by atoms with E-state index in [2.05, 4.69) is 31.2 Å². The Labute approximate surface area is 79.9 Å². The Kier molecular flexibility index (Phi) is 2.46. The summed E-state index contributed by atoms with van der Waals surface area (Å²) < 4.78 is 0. The quantitative estimate of drug-likeness (QED) is 0.623. The van der Waals surface area contributed by atoms with Crippen LogP contribution in [0.3, 0.4) is 0 Å². The van der Waals surface area contributed by atoms with Gasteiger partial charge in [0.2, 0.25) is 0 Å². The van der Waals surface area contributed by atoms with E-state index in [9.17, 15) is 4.79 Å². The van der Waals surface area contributed by atoms with Crippen LogP contribution in [0.1, 0.15) is 13.3 Å². The fourth-order valence-electron chi connectivity index (χ4n) is 1.78. The maximum Gasteiger partial charge on any atom is 0.140 e. The van der Waals surface area contributed by atoms with Crippen molar-refractivity contribution in [2.75, 3.05) is 6.16 Å². The number of ketones is 1. The van der Waals surface area contributed by atoms with Gasteiger partial charge in [-0.05, 0) is 11.5 Å². The molecule has 2 unspecified atom stereocenters. The van der Waals surface area contributed by atoms with Gasteiger partial charge in [0, 0.05) is 12.1 Å². The fourth-order valence-corrected chi connectivity index (χ4v) is 4.36. The lowest BCUT2D eigenvalue weighted by Gasteiger charge is -2.14. The Balaban J connectivity index is 2.24. The summed E-state index contributed by atoms with van der Waals surface area (Å²) in [6, 6.07) is 10.5. The molecule has 0 amide bonds. The Bertz CT molecular complexity index is 307. The molecule has 2 atom stereocenters. The van der Waals surface area contributed by atoms with Crippen LogP contribution in [-0.2, 0) is 4.79 Å². The van der Waals surface area contributed by atoms with E-state index in [4.69, 9.17) is 0 Å². The smallest absolute Gasteiger partial charge is 0.140 e. The zero-order chi connectivity index (χ0) is 9.26. The van der Waals surface area contributed by atoms with E-state index in [1.54, 1.807) is 0 Å². The van der Waals surface area contributed by atoms with E-state index in [0.717, 1.165) is 12.6 Å². The van der Waals surface area contributed by atoms with Crippen molar-refractivity contribution in [3.63, 3.8) is 0 Å². The van der Waals surface area contributed by atoms with E-state index in [1.165, 1.54) is 5.30 Å². The first-order valence-corrected chi connectivity index (χ1v) is 6.23. The molecular formula is C11H13OP. The molecule has 1 heterocycles. The number of hydrogen-bond acceptors (Lipinski definition) is 1. The number of carbonyl (C=O) groups excluding carboxylic acids is 1. The van der Waals surface area contributed by atoms with E-state index in [0.29, 0.717) is 5.78 Å². The van der Waals surface area contributed by atoms with Crippen LogP contribution in [0.4, 0.5) is 0 Å². The number of carbonyl (C=O) groups is 1. The Morgan fingerprint density at radius 2 is 2.00 bits per heavy atom. The standard InChI is InChI=1S/C11H13OP/c1-9-11(12)7-8-13(9)10-5-3-2-4-6-10/h2-6,9H,7-8H2,1H3. The Morgan fingerprint density at radius 3 is 2.54 bits per heavy atom. The van der Waals surface area contributed by atoms with E-state index >= 15 is 0 Å². The van der Waals surface area contributed by atoms with Crippen LogP contribution in [0.15, 0.2) is 30.3 Å². The molecule has 1 aromatic rings. The molecule has 0 N–H and O–H groups in total. The van der Waals surface area contributed by atoms with Crippen molar-refractivity contribution in [2.45, 2.75) is 19.0 Å². The van der Waals surface area contributed by atoms with Gasteiger partial charge in [0.25, 0.3) is 0 Å². The van der Waals surface area contributed by atoms with Crippen molar-refractivity contribution in [1.29, 1.82) is 0 Å². The number of Topliss-reactive ketones (excluding diaryl/α,β-unsaturated/α-hetero) is 1. The SMILES string of the molecule is CC1C(=O)CCP1c1ccccc1. The Hall–Kier alpha value is -0.680. The molecule has 0 aromatic heterocycles. The van der Waals surface area contributed by atoms with Gasteiger partial charge < -0.3 is 0 Å². The first-order chi connectivity index (χ1) is 6.29. The van der Waals surface area contributed by atoms with Gasteiger partial charge in [-0.15, -0.1) is 0 Å². The average Bonchev–Trinajstić information content (AvgIpc) is 2.49. The zero-order valence-corrected chi connectivity index (χ0v) is 8.63. The van der Waals surface area contributed by atoms with Crippen molar-refractivity contribution in [2.24, 2.45) is 0 Å². The summed E-state index contributed by atoms with van der Waals surface area (Å²) in [6.45, 7) is 2.08. The van der Waals surface area contributed by atoms with Gasteiger partial charge in [0.1, 0.15) is 5.78 Å². The van der Waals surface area contributed by atoms with Gasteiger partial charge in [-0.25, -0.2) is 0 Å². The minimum Gasteiger partial charge on any atom is -0.299 e. The molecule has 1 fully saturated rings. The second kappa shape index (κ2) is 3.59. The van der Waals surface area contributed by atoms with Crippen LogP contribution in [0.25, 0.3) is 0 Å². The molecule has 2 heteroatoms. The van der Waals surface area contributed by atoms with Crippen molar-refractivity contribution in [3.8, 4) is 0 Å². The molecule has 0 saturated carbocycles. The van der Waals surface area contributed by atoms with Gasteiger partial charge in [0.15, 0.2) is 0 Å². The maximum absolute atomic E-state index is 11.4. The normalized spacial score (nSPS) is 27.9. The molecule has 13 heavy (non-hydrogen) atoms. The summed E-state index contributed by atoms with van der Waals surface area (Å²) in [6.07, 6.45) is 1.89. The van der Waals surface area contributed by atoms with Gasteiger partial charge in [-0.1, -0.05) is 45.2 Å². The van der Waals surface area contributed by atoms with Crippen LogP contribution in [0.5, 0.6) is 0 Å². The van der Waals surface area contributed by atoms with Crippen molar-refractivity contribution < 1.29 is 4.79 Å². The number of hydrogen-bond donors (Lipinski definition) is 0. The molecule has 68 valence electrons. The zero-order valence-electron chi connectivity index (χ0n) is 7.73. The minimum atomic E-state index is -0.190. The summed E-state index contributed by atoms with van der Waals surface area (Å²) in [5.41, 5.74) is 0.289. The molecule has 0 radical (unpaired) electrons. The van der Waals surface area contributed by atoms with Gasteiger partial charge in [-0.2, -0.15) is 0 Å². The summed E-state index contributed by atoms with van der Waals surface area (Å²) in [5.74, 6) is 0.454. The lowest BCUT2D eigenvalue weighted by Crippen LogP contribution is -2.11. The highest BCUT2D eigenvalue weighted by Crippen LogP contribution is 2.46. The van der Waals surface area contributed by atoms with E-state index in [-0.39, 0.29) is 13.6 Å². The van der Waals surface area contributed by atoms with Crippen molar-refractivity contribution >= 4 is 19.0 Å². The molecule has 1 aliphatic heterocycles. The van der Waals surface area contributed by atoms with Crippen molar-refractivity contribution in [3.05, 3.63) is 30.3 Å². The summed E-state index contributed by atoms with van der Waals surface area (Å²) in [7, 11) is -0.190. The average molecular weight is 192 g/mol. The predicted molar refractivity (Wildman–Crippen MR) is 56.9 cm³/mol. The van der Waals surface area contributed by atoms with Crippen LogP contribution in [-0.4, -0.2) is 17.6 Å². The highest BCUT2D eigenvalue weighted by atomic mass is 31.1. The largest absolute Gasteiger partial charge is 0.299 e. The van der Waals surface area contributed by atoms with E-state index < -0.39 is 0 Å². The second-order valence-electron chi connectivity index (χ2n) is 3.42. The topological polar surface area (TPSA) is 17.1 Å². The molecule has 1 aliphatic rings. The van der Waals surface area contributed by atoms with Crippen LogP contribution < -0.4 is 5.30 Å². The molecule has 2 rings (SSSR count). The molecule has 0 aliphatic carbocycles. The first-order valence-electron chi connectivity index (χ1n) is 4.63. The molecule has 1 aromatic carbocycles. The summed E-state index contributed by atoms with van der Waals surface area (Å²) in [4.78, 5) is 11.4. The molecule has 0 spiro atoms. The lowest BCUT2D eigenvalue weighted by atomic mass is 10.2.